The maximum absolute atomic E-state index is 2.31. The molecule has 60 valence electrons. The van der Waals surface area contributed by atoms with E-state index in [0.717, 1.165) is 0 Å². The first-order valence-electron chi connectivity index (χ1n) is 3.49. The smallest absolute Gasteiger partial charge is 0.0153 e. The van der Waals surface area contributed by atoms with E-state index < -0.39 is 10.0 Å². The van der Waals surface area contributed by atoms with Crippen LogP contribution in [0, 0.1) is 0 Å². The molecule has 0 rings (SSSR count). The number of rotatable bonds is 2. The van der Waals surface area contributed by atoms with Gasteiger partial charge < -0.3 is 0 Å². The summed E-state index contributed by atoms with van der Waals surface area (Å²) in [5.41, 5.74) is 0. The monoisotopic (exact) mass is 158 g/mol. The first-order chi connectivity index (χ1) is 4.52. The summed E-state index contributed by atoms with van der Waals surface area (Å²) in [7, 11) is -0.503. The van der Waals surface area contributed by atoms with Gasteiger partial charge in [-0.15, -0.1) is 0 Å². The van der Waals surface area contributed by atoms with E-state index >= 15 is 0 Å². The lowest BCUT2D eigenvalue weighted by Gasteiger charge is -2.26. The fourth-order valence-corrected chi connectivity index (χ4v) is 2.07. The van der Waals surface area contributed by atoms with Crippen LogP contribution in [-0.2, 0) is 0 Å². The van der Waals surface area contributed by atoms with Crippen LogP contribution in [-0.4, -0.2) is 18.8 Å². The topological polar surface area (TPSA) is 0 Å². The third-order valence-corrected chi connectivity index (χ3v) is 3.11. The van der Waals surface area contributed by atoms with Gasteiger partial charge in [0, 0.05) is 0 Å². The second-order valence-electron chi connectivity index (χ2n) is 3.03. The van der Waals surface area contributed by atoms with Gasteiger partial charge in [0.05, 0.1) is 0 Å². The van der Waals surface area contributed by atoms with Crippen molar-refractivity contribution in [2.45, 2.75) is 13.8 Å². The van der Waals surface area contributed by atoms with Gasteiger partial charge in [0.2, 0.25) is 0 Å². The normalized spacial score (nSPS) is 16.3. The summed E-state index contributed by atoms with van der Waals surface area (Å²) in [6, 6.07) is 0. The van der Waals surface area contributed by atoms with Crippen LogP contribution in [0.4, 0.5) is 0 Å². The van der Waals surface area contributed by atoms with Gasteiger partial charge in [0.25, 0.3) is 0 Å². The molecule has 0 saturated heterocycles. The van der Waals surface area contributed by atoms with Crippen LogP contribution < -0.4 is 0 Å². The van der Waals surface area contributed by atoms with Crippen LogP contribution in [0.3, 0.4) is 0 Å². The van der Waals surface area contributed by atoms with E-state index in [2.05, 4.69) is 50.8 Å². The SMILES string of the molecule is CC=CC(=CC)S(C)(C)C. The van der Waals surface area contributed by atoms with Gasteiger partial charge in [-0.05, 0) is 37.5 Å². The van der Waals surface area contributed by atoms with Crippen LogP contribution >= 0.6 is 10.0 Å². The summed E-state index contributed by atoms with van der Waals surface area (Å²) in [6.07, 6.45) is 13.4. The van der Waals surface area contributed by atoms with Crippen molar-refractivity contribution >= 4 is 10.0 Å². The molecule has 0 amide bonds. The number of allylic oxidation sites excluding steroid dienone is 3. The molecule has 0 aliphatic heterocycles. The maximum atomic E-state index is 2.31. The van der Waals surface area contributed by atoms with E-state index in [9.17, 15) is 0 Å². The molecule has 0 aromatic heterocycles. The Balaban J connectivity index is 4.39. The van der Waals surface area contributed by atoms with Gasteiger partial charge >= 0.3 is 0 Å². The van der Waals surface area contributed by atoms with E-state index in [1.807, 2.05) is 0 Å². The first kappa shape index (κ1) is 9.83. The Morgan fingerprint density at radius 3 is 1.70 bits per heavy atom. The lowest BCUT2D eigenvalue weighted by molar-refractivity contribution is 1.64. The first-order valence-corrected chi connectivity index (χ1v) is 6.35. The lowest BCUT2D eigenvalue weighted by Crippen LogP contribution is -1.92. The highest BCUT2D eigenvalue weighted by molar-refractivity contribution is 8.35. The standard InChI is InChI=1S/C9H18S/c1-6-8-9(7-2)10(3,4)5/h6-8H,1-5H3. The minimum absolute atomic E-state index is 0.503. The van der Waals surface area contributed by atoms with Crippen molar-refractivity contribution in [3.8, 4) is 0 Å². The van der Waals surface area contributed by atoms with E-state index in [-0.39, 0.29) is 0 Å². The van der Waals surface area contributed by atoms with Crippen LogP contribution in [0.25, 0.3) is 0 Å². The molecule has 0 aromatic carbocycles. The molecule has 0 radical (unpaired) electrons. The van der Waals surface area contributed by atoms with Crippen molar-refractivity contribution in [2.24, 2.45) is 0 Å². The average Bonchev–Trinajstić information content (AvgIpc) is 1.80. The average molecular weight is 158 g/mol. The second kappa shape index (κ2) is 3.87. The summed E-state index contributed by atoms with van der Waals surface area (Å²) in [5.74, 6) is 0. The van der Waals surface area contributed by atoms with Crippen molar-refractivity contribution < 1.29 is 0 Å². The van der Waals surface area contributed by atoms with Crippen molar-refractivity contribution in [1.29, 1.82) is 0 Å². The number of hydrogen-bond acceptors (Lipinski definition) is 0. The molecule has 0 atom stereocenters. The summed E-state index contributed by atoms with van der Waals surface area (Å²) >= 11 is 0. The molecule has 0 spiro atoms. The highest BCUT2D eigenvalue weighted by Crippen LogP contribution is 2.44. The molecule has 0 unspecified atom stereocenters. The maximum Gasteiger partial charge on any atom is -0.0153 e. The molecule has 0 N–H and O–H groups in total. The quantitative estimate of drug-likeness (QED) is 0.542. The Morgan fingerprint density at radius 1 is 1.10 bits per heavy atom. The highest BCUT2D eigenvalue weighted by Gasteiger charge is 2.05. The predicted octanol–water partition coefficient (Wildman–Crippen LogP) is 3.16. The predicted molar refractivity (Wildman–Crippen MR) is 53.9 cm³/mol. The molecule has 0 heterocycles. The largest absolute Gasteiger partial charge is 0.224 e. The zero-order valence-corrected chi connectivity index (χ0v) is 8.46. The molecule has 0 aromatic rings. The van der Waals surface area contributed by atoms with Gasteiger partial charge in [-0.3, -0.25) is 0 Å². The van der Waals surface area contributed by atoms with Crippen molar-refractivity contribution in [3.05, 3.63) is 23.1 Å². The van der Waals surface area contributed by atoms with Crippen molar-refractivity contribution in [3.63, 3.8) is 0 Å². The van der Waals surface area contributed by atoms with Crippen LogP contribution in [0.5, 0.6) is 0 Å². The molecular weight excluding hydrogens is 140 g/mol. The molecule has 0 fully saturated rings. The summed E-state index contributed by atoms with van der Waals surface area (Å²) in [4.78, 5) is 1.48. The summed E-state index contributed by atoms with van der Waals surface area (Å²) in [5, 5.41) is 0. The Morgan fingerprint density at radius 2 is 1.60 bits per heavy atom. The zero-order valence-electron chi connectivity index (χ0n) is 7.64. The number of hydrogen-bond donors (Lipinski definition) is 0. The molecule has 0 saturated carbocycles. The fraction of sp³-hybridized carbons (Fsp3) is 0.556. The van der Waals surface area contributed by atoms with E-state index in [1.165, 1.54) is 4.91 Å². The molecule has 10 heavy (non-hydrogen) atoms. The van der Waals surface area contributed by atoms with Gasteiger partial charge in [-0.1, -0.05) is 18.2 Å². The van der Waals surface area contributed by atoms with Gasteiger partial charge in [-0.25, -0.2) is 10.0 Å². The van der Waals surface area contributed by atoms with Crippen LogP contribution in [0.15, 0.2) is 23.1 Å². The van der Waals surface area contributed by atoms with Crippen LogP contribution in [0.2, 0.25) is 0 Å². The minimum Gasteiger partial charge on any atom is -0.224 e. The summed E-state index contributed by atoms with van der Waals surface area (Å²) in [6.45, 7) is 4.17. The van der Waals surface area contributed by atoms with E-state index in [0.29, 0.717) is 0 Å². The molecule has 0 aliphatic rings. The minimum atomic E-state index is -0.503. The lowest BCUT2D eigenvalue weighted by atomic mass is 10.4. The van der Waals surface area contributed by atoms with Crippen molar-refractivity contribution in [1.82, 2.24) is 0 Å². The third-order valence-electron chi connectivity index (χ3n) is 1.32. The Bertz CT molecular complexity index is 147. The van der Waals surface area contributed by atoms with E-state index in [1.54, 1.807) is 0 Å². The molecular formula is C9H18S. The van der Waals surface area contributed by atoms with Gasteiger partial charge in [0.1, 0.15) is 0 Å². The Kier molecular flexibility index (Phi) is 3.80. The fourth-order valence-electron chi connectivity index (χ4n) is 0.818. The van der Waals surface area contributed by atoms with Crippen molar-refractivity contribution in [2.75, 3.05) is 18.8 Å². The molecule has 0 nitrogen and oxygen atoms in total. The highest BCUT2D eigenvalue weighted by atomic mass is 32.3. The Labute approximate surface area is 66.3 Å². The molecule has 0 bridgehead atoms. The van der Waals surface area contributed by atoms with Gasteiger partial charge in [0.15, 0.2) is 0 Å². The zero-order chi connectivity index (χ0) is 8.20. The molecule has 0 aliphatic carbocycles. The molecule has 1 heteroatoms. The van der Waals surface area contributed by atoms with Gasteiger partial charge in [-0.2, -0.15) is 0 Å². The Hall–Kier alpha value is -0.170. The second-order valence-corrected chi connectivity index (χ2v) is 7.17. The van der Waals surface area contributed by atoms with Crippen LogP contribution in [0.1, 0.15) is 13.8 Å². The van der Waals surface area contributed by atoms with E-state index in [4.69, 9.17) is 0 Å². The summed E-state index contributed by atoms with van der Waals surface area (Å²) < 4.78 is 0. The third kappa shape index (κ3) is 3.11.